The van der Waals surface area contributed by atoms with E-state index in [9.17, 15) is 0 Å². The molecule has 0 aromatic heterocycles. The molecule has 3 radical (unpaired) electrons. The second-order valence-corrected chi connectivity index (χ2v) is 6.40. The normalized spacial score (nSPS) is 25.4. The van der Waals surface area contributed by atoms with Gasteiger partial charge in [-0.2, -0.15) is 0 Å². The lowest BCUT2D eigenvalue weighted by molar-refractivity contribution is -0.0212. The summed E-state index contributed by atoms with van der Waals surface area (Å²) in [5, 5.41) is 3.66. The maximum Gasteiger partial charge on any atom is 0.0609 e. The van der Waals surface area contributed by atoms with E-state index in [1.54, 1.807) is 0 Å². The second-order valence-electron chi connectivity index (χ2n) is 5.90. The van der Waals surface area contributed by atoms with Crippen molar-refractivity contribution in [2.75, 3.05) is 6.61 Å². The van der Waals surface area contributed by atoms with Crippen LogP contribution in [-0.2, 0) is 4.74 Å². The predicted molar refractivity (Wildman–Crippen MR) is 65.4 cm³/mol. The first kappa shape index (κ1) is 13.2. The van der Waals surface area contributed by atoms with Gasteiger partial charge in [0.1, 0.15) is 0 Å². The summed E-state index contributed by atoms with van der Waals surface area (Å²) in [4.78, 5) is 0. The van der Waals surface area contributed by atoms with Crippen molar-refractivity contribution in [3.8, 4) is 0 Å². The molecular formula is C12H24NOSi. The summed E-state index contributed by atoms with van der Waals surface area (Å²) in [6.45, 7) is 9.91. The predicted octanol–water partition coefficient (Wildman–Crippen LogP) is 2.29. The standard InChI is InChI=1S/C12H24NOSi/c1-11(2)8-10(14-6-5-7-15)9-12(3,4)13-11/h10,13H,5-9H2,1-4H3. The zero-order chi connectivity index (χ0) is 11.5. The molecule has 3 heteroatoms. The highest BCUT2D eigenvalue weighted by atomic mass is 28.1. The van der Waals surface area contributed by atoms with Crippen molar-refractivity contribution < 1.29 is 4.74 Å². The quantitative estimate of drug-likeness (QED) is 0.586. The molecule has 15 heavy (non-hydrogen) atoms. The van der Waals surface area contributed by atoms with Crippen LogP contribution in [0.4, 0.5) is 0 Å². The summed E-state index contributed by atoms with van der Waals surface area (Å²) in [6, 6.07) is 1.03. The van der Waals surface area contributed by atoms with Crippen LogP contribution in [0.3, 0.4) is 0 Å². The molecule has 0 bridgehead atoms. The number of rotatable bonds is 4. The van der Waals surface area contributed by atoms with Crippen molar-refractivity contribution in [1.82, 2.24) is 5.32 Å². The first-order chi connectivity index (χ1) is 6.85. The van der Waals surface area contributed by atoms with Crippen molar-refractivity contribution in [1.29, 1.82) is 0 Å². The fourth-order valence-corrected chi connectivity index (χ4v) is 2.81. The van der Waals surface area contributed by atoms with Gasteiger partial charge in [-0.05, 0) is 47.0 Å². The van der Waals surface area contributed by atoms with E-state index in [1.807, 2.05) is 0 Å². The molecule has 1 fully saturated rings. The average molecular weight is 226 g/mol. The van der Waals surface area contributed by atoms with Crippen LogP contribution in [-0.4, -0.2) is 34.0 Å². The lowest BCUT2D eigenvalue weighted by Crippen LogP contribution is -2.59. The fourth-order valence-electron chi connectivity index (χ4n) is 2.67. The van der Waals surface area contributed by atoms with Crippen molar-refractivity contribution >= 4 is 10.2 Å². The first-order valence-corrected chi connectivity index (χ1v) is 6.61. The van der Waals surface area contributed by atoms with Gasteiger partial charge in [-0.3, -0.25) is 0 Å². The summed E-state index contributed by atoms with van der Waals surface area (Å²) in [6.07, 6.45) is 3.73. The molecule has 0 spiro atoms. The fraction of sp³-hybridized carbons (Fsp3) is 1.00. The Morgan fingerprint density at radius 3 is 2.20 bits per heavy atom. The van der Waals surface area contributed by atoms with Gasteiger partial charge in [0.15, 0.2) is 0 Å². The Morgan fingerprint density at radius 1 is 1.20 bits per heavy atom. The van der Waals surface area contributed by atoms with Gasteiger partial charge < -0.3 is 10.1 Å². The molecule has 2 nitrogen and oxygen atoms in total. The highest BCUT2D eigenvalue weighted by Crippen LogP contribution is 2.30. The Hall–Kier alpha value is 0.137. The maximum absolute atomic E-state index is 5.92. The highest BCUT2D eigenvalue weighted by molar-refractivity contribution is 6.08. The van der Waals surface area contributed by atoms with Crippen LogP contribution in [0.1, 0.15) is 47.0 Å². The summed E-state index contributed by atoms with van der Waals surface area (Å²) in [7, 11) is 3.47. The molecule has 0 aromatic carbocycles. The lowest BCUT2D eigenvalue weighted by atomic mass is 9.81. The number of ether oxygens (including phenoxy) is 1. The van der Waals surface area contributed by atoms with Gasteiger partial charge in [0, 0.05) is 27.9 Å². The van der Waals surface area contributed by atoms with E-state index in [-0.39, 0.29) is 11.1 Å². The summed E-state index contributed by atoms with van der Waals surface area (Å²) < 4.78 is 5.92. The Balaban J connectivity index is 2.44. The maximum atomic E-state index is 5.92. The number of piperidine rings is 1. The molecule has 0 aliphatic carbocycles. The summed E-state index contributed by atoms with van der Waals surface area (Å²) >= 11 is 0. The Morgan fingerprint density at radius 2 is 1.73 bits per heavy atom. The van der Waals surface area contributed by atoms with Crippen LogP contribution < -0.4 is 5.32 Å². The highest BCUT2D eigenvalue weighted by Gasteiger charge is 2.37. The van der Waals surface area contributed by atoms with Crippen LogP contribution >= 0.6 is 0 Å². The molecule has 1 rings (SSSR count). The van der Waals surface area contributed by atoms with E-state index in [0.717, 1.165) is 31.9 Å². The molecule has 1 saturated heterocycles. The third-order valence-electron chi connectivity index (χ3n) is 2.83. The van der Waals surface area contributed by atoms with E-state index in [0.29, 0.717) is 6.10 Å². The Kier molecular flexibility index (Phi) is 4.38. The van der Waals surface area contributed by atoms with Crippen LogP contribution in [0.2, 0.25) is 6.04 Å². The molecule has 0 unspecified atom stereocenters. The summed E-state index contributed by atoms with van der Waals surface area (Å²) in [5.41, 5.74) is 0.390. The molecule has 1 aliphatic rings. The van der Waals surface area contributed by atoms with E-state index in [4.69, 9.17) is 4.74 Å². The molecule has 0 amide bonds. The van der Waals surface area contributed by atoms with Crippen molar-refractivity contribution in [3.05, 3.63) is 0 Å². The zero-order valence-electron chi connectivity index (χ0n) is 10.5. The third-order valence-corrected chi connectivity index (χ3v) is 3.18. The lowest BCUT2D eigenvalue weighted by Gasteiger charge is -2.46. The second kappa shape index (κ2) is 4.98. The number of hydrogen-bond acceptors (Lipinski definition) is 2. The molecule has 1 heterocycles. The summed E-state index contributed by atoms with van der Waals surface area (Å²) in [5.74, 6) is 0. The minimum atomic E-state index is 0.195. The molecule has 0 atom stereocenters. The monoisotopic (exact) mass is 226 g/mol. The van der Waals surface area contributed by atoms with Gasteiger partial charge in [0.2, 0.25) is 0 Å². The molecule has 1 aliphatic heterocycles. The first-order valence-electron chi connectivity index (χ1n) is 5.90. The number of hydrogen-bond donors (Lipinski definition) is 1. The molecule has 87 valence electrons. The van der Waals surface area contributed by atoms with Crippen molar-refractivity contribution in [2.24, 2.45) is 0 Å². The van der Waals surface area contributed by atoms with E-state index in [2.05, 4.69) is 43.3 Å². The topological polar surface area (TPSA) is 21.3 Å². The van der Waals surface area contributed by atoms with Gasteiger partial charge in [-0.15, -0.1) is 0 Å². The van der Waals surface area contributed by atoms with Crippen LogP contribution in [0, 0.1) is 0 Å². The van der Waals surface area contributed by atoms with Crippen molar-refractivity contribution in [2.45, 2.75) is 70.2 Å². The number of nitrogens with one attached hydrogen (secondary N) is 1. The van der Waals surface area contributed by atoms with Crippen LogP contribution in [0.25, 0.3) is 0 Å². The largest absolute Gasteiger partial charge is 0.378 e. The third kappa shape index (κ3) is 4.66. The van der Waals surface area contributed by atoms with Gasteiger partial charge in [0.05, 0.1) is 6.10 Å². The Bertz CT molecular complexity index is 188. The van der Waals surface area contributed by atoms with Gasteiger partial charge in [-0.1, -0.05) is 6.04 Å². The minimum absolute atomic E-state index is 0.195. The molecule has 0 saturated carbocycles. The van der Waals surface area contributed by atoms with E-state index >= 15 is 0 Å². The van der Waals surface area contributed by atoms with E-state index in [1.165, 1.54) is 0 Å². The van der Waals surface area contributed by atoms with Crippen LogP contribution in [0.15, 0.2) is 0 Å². The van der Waals surface area contributed by atoms with Gasteiger partial charge in [0.25, 0.3) is 0 Å². The van der Waals surface area contributed by atoms with Gasteiger partial charge in [-0.25, -0.2) is 0 Å². The average Bonchev–Trinajstić information content (AvgIpc) is 1.98. The molecular weight excluding hydrogens is 202 g/mol. The minimum Gasteiger partial charge on any atom is -0.378 e. The molecule has 0 aromatic rings. The SMILES string of the molecule is CC1(C)CC(OCCC[Si])CC(C)(C)N1. The van der Waals surface area contributed by atoms with Gasteiger partial charge >= 0.3 is 0 Å². The zero-order valence-corrected chi connectivity index (χ0v) is 11.5. The smallest absolute Gasteiger partial charge is 0.0609 e. The van der Waals surface area contributed by atoms with Crippen molar-refractivity contribution in [3.63, 3.8) is 0 Å². The van der Waals surface area contributed by atoms with E-state index < -0.39 is 0 Å². The Labute approximate surface area is 97.6 Å². The van der Waals surface area contributed by atoms with Crippen LogP contribution in [0.5, 0.6) is 0 Å². The molecule has 1 N–H and O–H groups in total.